The molecule has 92 valence electrons. The fourth-order valence-electron chi connectivity index (χ4n) is 1.22. The highest BCUT2D eigenvalue weighted by Gasteiger charge is 2.28. The number of halogens is 3. The molecule has 0 bridgehead atoms. The van der Waals surface area contributed by atoms with Crippen LogP contribution < -0.4 is 5.32 Å². The Morgan fingerprint density at radius 1 is 1.50 bits per heavy atom. The Bertz CT molecular complexity index is 311. The molecule has 7 heteroatoms. The third kappa shape index (κ3) is 4.63. The van der Waals surface area contributed by atoms with Gasteiger partial charge in [-0.3, -0.25) is 0 Å². The second kappa shape index (κ2) is 5.86. The minimum Gasteiger partial charge on any atom is -0.383 e. The molecule has 4 nitrogen and oxygen atoms in total. The Morgan fingerprint density at radius 3 is 2.88 bits per heavy atom. The molecule has 0 saturated carbocycles. The van der Waals surface area contributed by atoms with E-state index < -0.39 is 12.7 Å². The summed E-state index contributed by atoms with van der Waals surface area (Å²) in [5.74, 6) is 0. The summed E-state index contributed by atoms with van der Waals surface area (Å²) in [4.78, 5) is 3.70. The zero-order valence-corrected chi connectivity index (χ0v) is 8.92. The molecular weight excluding hydrogens is 223 g/mol. The van der Waals surface area contributed by atoms with Crippen molar-refractivity contribution < 1.29 is 17.9 Å². The van der Waals surface area contributed by atoms with Crippen LogP contribution in [0.1, 0.15) is 5.69 Å². The molecule has 0 aromatic carbocycles. The van der Waals surface area contributed by atoms with Gasteiger partial charge in [-0.2, -0.15) is 13.2 Å². The van der Waals surface area contributed by atoms with E-state index in [4.69, 9.17) is 4.74 Å². The van der Waals surface area contributed by atoms with Crippen LogP contribution in [0.25, 0.3) is 0 Å². The zero-order chi connectivity index (χ0) is 12.0. The number of hydrogen-bond acceptors (Lipinski definition) is 3. The van der Waals surface area contributed by atoms with Crippen LogP contribution in [0.5, 0.6) is 0 Å². The number of methoxy groups -OCH3 is 1. The fraction of sp³-hybridized carbons (Fsp3) is 0.667. The van der Waals surface area contributed by atoms with Gasteiger partial charge in [-0.1, -0.05) is 0 Å². The summed E-state index contributed by atoms with van der Waals surface area (Å²) >= 11 is 0. The maximum absolute atomic E-state index is 12.2. The molecular formula is C9H14F3N3O. The number of rotatable bonds is 6. The number of aromatic nitrogens is 2. The van der Waals surface area contributed by atoms with Crippen LogP contribution in [0.3, 0.4) is 0 Å². The number of hydrogen-bond donors (Lipinski definition) is 1. The van der Waals surface area contributed by atoms with Gasteiger partial charge in [0.25, 0.3) is 0 Å². The smallest absolute Gasteiger partial charge is 0.383 e. The van der Waals surface area contributed by atoms with Crippen LogP contribution in [0.2, 0.25) is 0 Å². The number of nitrogens with one attached hydrogen (secondary N) is 1. The van der Waals surface area contributed by atoms with Crippen molar-refractivity contribution in [2.75, 3.05) is 20.3 Å². The molecule has 0 aliphatic rings. The largest absolute Gasteiger partial charge is 0.406 e. The number of nitrogens with zero attached hydrogens (tertiary/aromatic N) is 2. The summed E-state index contributed by atoms with van der Waals surface area (Å²) < 4.78 is 42.3. The molecule has 0 radical (unpaired) electrons. The predicted octanol–water partition coefficient (Wildman–Crippen LogP) is 1.18. The third-order valence-corrected chi connectivity index (χ3v) is 1.94. The molecule has 0 saturated heterocycles. The lowest BCUT2D eigenvalue weighted by Gasteiger charge is -2.11. The molecule has 0 spiro atoms. The van der Waals surface area contributed by atoms with Crippen LogP contribution in [0.4, 0.5) is 13.2 Å². The molecule has 0 fully saturated rings. The van der Waals surface area contributed by atoms with Crippen molar-refractivity contribution in [1.29, 1.82) is 0 Å². The average Bonchev–Trinajstić information content (AvgIpc) is 2.58. The van der Waals surface area contributed by atoms with E-state index in [0.717, 1.165) is 4.57 Å². The molecule has 0 atom stereocenters. The van der Waals surface area contributed by atoms with Crippen molar-refractivity contribution in [3.63, 3.8) is 0 Å². The molecule has 1 aromatic rings. The summed E-state index contributed by atoms with van der Waals surface area (Å²) in [6.45, 7) is 0.453. The molecule has 16 heavy (non-hydrogen) atoms. The highest BCUT2D eigenvalue weighted by molar-refractivity contribution is 4.98. The maximum atomic E-state index is 12.2. The Kier molecular flexibility index (Phi) is 4.75. The van der Waals surface area contributed by atoms with Gasteiger partial charge in [-0.05, 0) is 0 Å². The van der Waals surface area contributed by atoms with Gasteiger partial charge in [0.1, 0.15) is 6.54 Å². The number of imidazole rings is 1. The van der Waals surface area contributed by atoms with E-state index in [2.05, 4.69) is 10.3 Å². The SMILES string of the molecule is COCCNCc1cncn1CC(F)(F)F. The van der Waals surface area contributed by atoms with Crippen LogP contribution in [-0.4, -0.2) is 36.0 Å². The monoisotopic (exact) mass is 237 g/mol. The summed E-state index contributed by atoms with van der Waals surface area (Å²) in [5.41, 5.74) is 0.508. The highest BCUT2D eigenvalue weighted by atomic mass is 19.4. The number of ether oxygens (including phenoxy) is 1. The molecule has 1 N–H and O–H groups in total. The summed E-state index contributed by atoms with van der Waals surface area (Å²) in [7, 11) is 1.57. The van der Waals surface area contributed by atoms with Crippen LogP contribution in [0, 0.1) is 0 Å². The standard InChI is InChI=1S/C9H14F3N3O/c1-16-3-2-13-4-8-5-14-7-15(8)6-9(10,11)12/h5,7,13H,2-4,6H2,1H3. The molecule has 0 unspecified atom stereocenters. The molecule has 0 aliphatic carbocycles. The Morgan fingerprint density at radius 2 is 2.25 bits per heavy atom. The van der Waals surface area contributed by atoms with Crippen molar-refractivity contribution in [2.45, 2.75) is 19.3 Å². The summed E-state index contributed by atoms with van der Waals surface area (Å²) in [6.07, 6.45) is -1.62. The topological polar surface area (TPSA) is 39.1 Å². The van der Waals surface area contributed by atoms with Crippen LogP contribution in [0.15, 0.2) is 12.5 Å². The third-order valence-electron chi connectivity index (χ3n) is 1.94. The molecule has 1 aromatic heterocycles. The van der Waals surface area contributed by atoms with E-state index in [-0.39, 0.29) is 0 Å². The second-order valence-corrected chi connectivity index (χ2v) is 3.30. The normalized spacial score (nSPS) is 12.0. The van der Waals surface area contributed by atoms with E-state index in [1.807, 2.05) is 0 Å². The molecule has 0 amide bonds. The lowest BCUT2D eigenvalue weighted by atomic mass is 10.4. The van der Waals surface area contributed by atoms with Crippen molar-refractivity contribution in [1.82, 2.24) is 14.9 Å². The second-order valence-electron chi connectivity index (χ2n) is 3.30. The number of alkyl halides is 3. The van der Waals surface area contributed by atoms with E-state index in [1.165, 1.54) is 12.5 Å². The molecule has 1 heterocycles. The lowest BCUT2D eigenvalue weighted by molar-refractivity contribution is -0.141. The molecule has 0 aliphatic heterocycles. The van der Waals surface area contributed by atoms with Crippen LogP contribution >= 0.6 is 0 Å². The highest BCUT2D eigenvalue weighted by Crippen LogP contribution is 2.18. The van der Waals surface area contributed by atoms with Gasteiger partial charge in [0.15, 0.2) is 0 Å². The summed E-state index contributed by atoms with van der Waals surface area (Å²) in [6, 6.07) is 0. The van der Waals surface area contributed by atoms with Gasteiger partial charge < -0.3 is 14.6 Å². The maximum Gasteiger partial charge on any atom is 0.406 e. The van der Waals surface area contributed by atoms with Gasteiger partial charge in [-0.25, -0.2) is 4.98 Å². The van der Waals surface area contributed by atoms with Gasteiger partial charge in [0.05, 0.1) is 18.6 Å². The Labute approximate surface area is 91.4 Å². The van der Waals surface area contributed by atoms with E-state index in [1.54, 1.807) is 7.11 Å². The van der Waals surface area contributed by atoms with Gasteiger partial charge in [-0.15, -0.1) is 0 Å². The zero-order valence-electron chi connectivity index (χ0n) is 8.92. The summed E-state index contributed by atoms with van der Waals surface area (Å²) in [5, 5.41) is 2.96. The van der Waals surface area contributed by atoms with E-state index in [0.29, 0.717) is 25.4 Å². The van der Waals surface area contributed by atoms with Crippen molar-refractivity contribution in [3.8, 4) is 0 Å². The first-order valence-electron chi connectivity index (χ1n) is 4.78. The lowest BCUT2D eigenvalue weighted by Crippen LogP contribution is -2.23. The minimum absolute atomic E-state index is 0.347. The Balaban J connectivity index is 2.44. The first kappa shape index (κ1) is 13.0. The average molecular weight is 237 g/mol. The van der Waals surface area contributed by atoms with Gasteiger partial charge >= 0.3 is 6.18 Å². The van der Waals surface area contributed by atoms with Gasteiger partial charge in [0, 0.05) is 26.4 Å². The predicted molar refractivity (Wildman–Crippen MR) is 51.9 cm³/mol. The van der Waals surface area contributed by atoms with Crippen LogP contribution in [-0.2, 0) is 17.8 Å². The van der Waals surface area contributed by atoms with E-state index >= 15 is 0 Å². The Hall–Kier alpha value is -1.08. The van der Waals surface area contributed by atoms with E-state index in [9.17, 15) is 13.2 Å². The fourth-order valence-corrected chi connectivity index (χ4v) is 1.22. The van der Waals surface area contributed by atoms with Crippen molar-refractivity contribution in [2.24, 2.45) is 0 Å². The minimum atomic E-state index is -4.22. The van der Waals surface area contributed by atoms with Crippen molar-refractivity contribution in [3.05, 3.63) is 18.2 Å². The van der Waals surface area contributed by atoms with Gasteiger partial charge in [0.2, 0.25) is 0 Å². The quantitative estimate of drug-likeness (QED) is 0.755. The molecule has 1 rings (SSSR count). The first-order chi connectivity index (χ1) is 7.53. The first-order valence-corrected chi connectivity index (χ1v) is 4.78. The van der Waals surface area contributed by atoms with Crippen molar-refractivity contribution >= 4 is 0 Å².